The molecule has 0 saturated carbocycles. The van der Waals surface area contributed by atoms with Gasteiger partial charge in [-0.15, -0.1) is 0 Å². The monoisotopic (exact) mass is 359 g/mol. The van der Waals surface area contributed by atoms with E-state index in [1.807, 2.05) is 48.6 Å². The van der Waals surface area contributed by atoms with Crippen molar-refractivity contribution in [2.75, 3.05) is 47.6 Å². The van der Waals surface area contributed by atoms with Gasteiger partial charge in [0.05, 0.1) is 12.7 Å². The van der Waals surface area contributed by atoms with Crippen molar-refractivity contribution in [3.05, 3.63) is 0 Å². The molecule has 6 heteroatoms. The van der Waals surface area contributed by atoms with E-state index in [0.29, 0.717) is 13.0 Å². The number of aliphatic hydroxyl groups excluding tert-OH is 4. The van der Waals surface area contributed by atoms with Gasteiger partial charge in [0.1, 0.15) is 0 Å². The van der Waals surface area contributed by atoms with Crippen LogP contribution in [0.2, 0.25) is 0 Å². The Morgan fingerprint density at radius 3 is 1.54 bits per heavy atom. The van der Waals surface area contributed by atoms with Gasteiger partial charge in [-0.2, -0.15) is 0 Å². The summed E-state index contributed by atoms with van der Waals surface area (Å²) in [7, 11) is 4.66. The second-order valence-electron chi connectivity index (χ2n) is 3.80. The molecule has 0 radical (unpaired) electrons. The molecule has 6 nitrogen and oxygen atoms in total. The second kappa shape index (κ2) is 66.2. The lowest BCUT2D eigenvalue weighted by Crippen LogP contribution is -2.10. The number of aliphatic hydroxyl groups is 4. The third-order valence-electron chi connectivity index (χ3n) is 1.83. The van der Waals surface area contributed by atoms with Gasteiger partial charge in [0, 0.05) is 27.4 Å². The fraction of sp³-hybridized carbons (Fsp3) is 1.00. The molecule has 0 heterocycles. The van der Waals surface area contributed by atoms with E-state index in [9.17, 15) is 0 Å². The Bertz CT molecular complexity index is 114. The van der Waals surface area contributed by atoms with Crippen LogP contribution in [0.25, 0.3) is 0 Å². The first-order valence-corrected chi connectivity index (χ1v) is 9.12. The lowest BCUT2D eigenvalue weighted by Gasteiger charge is -2.01. The molecule has 5 N–H and O–H groups in total. The van der Waals surface area contributed by atoms with Crippen molar-refractivity contribution in [1.82, 2.24) is 5.32 Å². The summed E-state index contributed by atoms with van der Waals surface area (Å²) in [6.45, 7) is 14.0. The Kier molecular flexibility index (Phi) is 108. The normalized spacial score (nSPS) is 8.88. The molecule has 0 unspecified atom stereocenters. The number of methoxy groups -OCH3 is 1. The highest BCUT2D eigenvalue weighted by molar-refractivity contribution is 4.48. The summed E-state index contributed by atoms with van der Waals surface area (Å²) in [5, 5.41) is 34.7. The van der Waals surface area contributed by atoms with Crippen LogP contribution in [-0.4, -0.2) is 74.2 Å². The second-order valence-corrected chi connectivity index (χ2v) is 3.80. The molecule has 0 aliphatic carbocycles. The first kappa shape index (κ1) is 39.0. The van der Waals surface area contributed by atoms with E-state index in [-0.39, 0.29) is 6.61 Å². The largest absolute Gasteiger partial charge is 0.400 e. The topological polar surface area (TPSA) is 102 Å². The molecule has 0 spiro atoms. The van der Waals surface area contributed by atoms with E-state index in [2.05, 4.69) is 5.32 Å². The van der Waals surface area contributed by atoms with Gasteiger partial charge in [0.2, 0.25) is 0 Å². The molecular weight excluding hydrogens is 310 g/mol. The summed E-state index contributed by atoms with van der Waals surface area (Å²) in [6.07, 6.45) is 3.12. The zero-order valence-electron chi connectivity index (χ0n) is 17.9. The average molecular weight is 360 g/mol. The van der Waals surface area contributed by atoms with Crippen LogP contribution in [0.5, 0.6) is 0 Å². The van der Waals surface area contributed by atoms with Crippen molar-refractivity contribution in [2.24, 2.45) is 0 Å². The quantitative estimate of drug-likeness (QED) is 0.427. The zero-order valence-corrected chi connectivity index (χ0v) is 17.9. The third-order valence-corrected chi connectivity index (χ3v) is 1.83. The standard InChI is InChI=1S/C5H13NO.C5H12O2.C3H8O.2C2H6.CH4O/c1-6-4-3-5-7-2;1-2-3-5(7)4-6;1-2-3-4;3*1-2/h6H,3-5H2,1-2H3;5-7H,2-4H2,1H3;4H,2-3H2,1H3;2*1-2H3;2H,1H3/t;5-;;;;/m.1..../s1. The Labute approximate surface area is 152 Å². The number of nitrogens with one attached hydrogen (secondary N) is 1. The van der Waals surface area contributed by atoms with Crippen LogP contribution in [0.3, 0.4) is 0 Å². The molecule has 0 aromatic rings. The Morgan fingerprint density at radius 2 is 1.38 bits per heavy atom. The van der Waals surface area contributed by atoms with E-state index < -0.39 is 6.10 Å². The third kappa shape index (κ3) is 98.4. The van der Waals surface area contributed by atoms with Crippen LogP contribution < -0.4 is 5.32 Å². The SMILES string of the molecule is CC.CC.CCCO.CCC[C@@H](O)CO.CNCCCOC.CO. The first-order chi connectivity index (χ1) is 11.6. The number of hydrogen-bond acceptors (Lipinski definition) is 6. The van der Waals surface area contributed by atoms with Crippen molar-refractivity contribution in [1.29, 1.82) is 0 Å². The van der Waals surface area contributed by atoms with E-state index in [1.54, 1.807) is 7.11 Å². The number of ether oxygens (including phenoxy) is 1. The van der Waals surface area contributed by atoms with E-state index >= 15 is 0 Å². The van der Waals surface area contributed by atoms with Crippen LogP contribution in [0, 0.1) is 0 Å². The molecule has 0 saturated heterocycles. The van der Waals surface area contributed by atoms with E-state index in [1.165, 1.54) is 0 Å². The van der Waals surface area contributed by atoms with Crippen molar-refractivity contribution >= 4 is 0 Å². The highest BCUT2D eigenvalue weighted by Crippen LogP contribution is 1.92. The van der Waals surface area contributed by atoms with Crippen molar-refractivity contribution in [3.63, 3.8) is 0 Å². The Balaban J connectivity index is -0.0000000447. The van der Waals surface area contributed by atoms with Gasteiger partial charge in [-0.3, -0.25) is 0 Å². The van der Waals surface area contributed by atoms with Gasteiger partial charge >= 0.3 is 0 Å². The minimum absolute atomic E-state index is 0.103. The molecule has 0 aromatic carbocycles. The van der Waals surface area contributed by atoms with Gasteiger partial charge in [-0.1, -0.05) is 48.0 Å². The maximum absolute atomic E-state index is 8.61. The number of hydrogen-bond donors (Lipinski definition) is 5. The van der Waals surface area contributed by atoms with Crippen LogP contribution in [0.15, 0.2) is 0 Å². The van der Waals surface area contributed by atoms with Crippen molar-refractivity contribution in [2.45, 2.75) is 73.3 Å². The molecule has 1 atom stereocenters. The summed E-state index contributed by atoms with van der Waals surface area (Å²) in [6, 6.07) is 0. The van der Waals surface area contributed by atoms with Gasteiger partial charge in [0.25, 0.3) is 0 Å². The van der Waals surface area contributed by atoms with Crippen molar-refractivity contribution < 1.29 is 25.2 Å². The fourth-order valence-corrected chi connectivity index (χ4v) is 0.818. The lowest BCUT2D eigenvalue weighted by molar-refractivity contribution is 0.0877. The molecule has 24 heavy (non-hydrogen) atoms. The molecule has 0 rings (SSSR count). The maximum atomic E-state index is 8.61. The van der Waals surface area contributed by atoms with Crippen LogP contribution in [0.1, 0.15) is 67.2 Å². The van der Waals surface area contributed by atoms with Gasteiger partial charge in [-0.05, 0) is 32.9 Å². The molecule has 0 aliphatic heterocycles. The fourth-order valence-electron chi connectivity index (χ4n) is 0.818. The predicted molar refractivity (Wildman–Crippen MR) is 107 cm³/mol. The summed E-state index contributed by atoms with van der Waals surface area (Å²) in [5.74, 6) is 0. The summed E-state index contributed by atoms with van der Waals surface area (Å²) >= 11 is 0. The van der Waals surface area contributed by atoms with Crippen LogP contribution in [-0.2, 0) is 4.74 Å². The van der Waals surface area contributed by atoms with E-state index in [0.717, 1.165) is 39.5 Å². The molecule has 156 valence electrons. The van der Waals surface area contributed by atoms with Gasteiger partial charge < -0.3 is 30.5 Å². The minimum Gasteiger partial charge on any atom is -0.400 e. The predicted octanol–water partition coefficient (Wildman–Crippen LogP) is 2.43. The number of rotatable bonds is 8. The van der Waals surface area contributed by atoms with Crippen molar-refractivity contribution in [3.8, 4) is 0 Å². The lowest BCUT2D eigenvalue weighted by atomic mass is 10.2. The summed E-state index contributed by atoms with van der Waals surface area (Å²) in [5.41, 5.74) is 0. The minimum atomic E-state index is -0.495. The smallest absolute Gasteiger partial charge is 0.0770 e. The van der Waals surface area contributed by atoms with Crippen LogP contribution in [0.4, 0.5) is 0 Å². The van der Waals surface area contributed by atoms with Crippen LogP contribution >= 0.6 is 0 Å². The first-order valence-electron chi connectivity index (χ1n) is 9.12. The molecule has 0 aromatic heterocycles. The molecule has 0 amide bonds. The molecular formula is C18H49NO5. The molecule has 0 aliphatic rings. The van der Waals surface area contributed by atoms with Gasteiger partial charge in [0.15, 0.2) is 0 Å². The maximum Gasteiger partial charge on any atom is 0.0770 e. The zero-order chi connectivity index (χ0) is 20.6. The summed E-state index contributed by atoms with van der Waals surface area (Å²) in [4.78, 5) is 0. The Morgan fingerprint density at radius 1 is 0.958 bits per heavy atom. The van der Waals surface area contributed by atoms with Gasteiger partial charge in [-0.25, -0.2) is 0 Å². The highest BCUT2D eigenvalue weighted by Gasteiger charge is 1.95. The van der Waals surface area contributed by atoms with E-state index in [4.69, 9.17) is 25.2 Å². The Hall–Kier alpha value is -0.240. The highest BCUT2D eigenvalue weighted by atomic mass is 16.5. The summed E-state index contributed by atoms with van der Waals surface area (Å²) < 4.78 is 4.80. The average Bonchev–Trinajstić information content (AvgIpc) is 2.68. The molecule has 0 fully saturated rings. The molecule has 0 bridgehead atoms.